The van der Waals surface area contributed by atoms with Gasteiger partial charge in [0.05, 0.1) is 6.04 Å². The predicted molar refractivity (Wildman–Crippen MR) is 66.3 cm³/mol. The topological polar surface area (TPSA) is 64.9 Å². The minimum atomic E-state index is -0.141. The highest BCUT2D eigenvalue weighted by Gasteiger charge is 2.19. The van der Waals surface area contributed by atoms with Crippen LogP contribution < -0.4 is 5.73 Å². The molecule has 2 N–H and O–H groups in total. The molecule has 5 heteroatoms. The van der Waals surface area contributed by atoms with E-state index in [2.05, 4.69) is 31.0 Å². The molecule has 1 heterocycles. The molecule has 0 aliphatic carbocycles. The van der Waals surface area contributed by atoms with E-state index in [0.717, 1.165) is 12.2 Å². The van der Waals surface area contributed by atoms with Crippen molar-refractivity contribution in [1.82, 2.24) is 10.2 Å². The number of aromatic nitrogens is 2. The van der Waals surface area contributed by atoms with Crippen molar-refractivity contribution in [2.45, 2.75) is 51.3 Å². The van der Waals surface area contributed by atoms with Gasteiger partial charge in [0.25, 0.3) is 5.22 Å². The molecule has 4 nitrogen and oxygen atoms in total. The Bertz CT molecular complexity index is 303. The molecule has 0 fully saturated rings. The number of nitrogens with two attached hydrogens (primary N) is 1. The standard InChI is InChI=1S/C11H21N3OS/c1-4-6-7-16-11-14-13-10(15-11)9(12)8(3)5-2/h8-9H,4-7,12H2,1-3H3/t8-,9+/m1/s1. The smallest absolute Gasteiger partial charge is 0.276 e. The van der Waals surface area contributed by atoms with E-state index in [-0.39, 0.29) is 6.04 Å². The molecule has 1 aromatic heterocycles. The number of thioether (sulfide) groups is 1. The van der Waals surface area contributed by atoms with Crippen LogP contribution in [0.2, 0.25) is 0 Å². The predicted octanol–water partition coefficient (Wildman–Crippen LogP) is 3.01. The van der Waals surface area contributed by atoms with E-state index in [1.807, 2.05) is 0 Å². The molecular formula is C11H21N3OS. The zero-order valence-corrected chi connectivity index (χ0v) is 11.1. The highest BCUT2D eigenvalue weighted by molar-refractivity contribution is 7.99. The van der Waals surface area contributed by atoms with Gasteiger partial charge in [-0.25, -0.2) is 0 Å². The van der Waals surface area contributed by atoms with Gasteiger partial charge in [-0.15, -0.1) is 10.2 Å². The van der Waals surface area contributed by atoms with E-state index in [9.17, 15) is 0 Å². The lowest BCUT2D eigenvalue weighted by Gasteiger charge is -2.13. The first-order valence-electron chi connectivity index (χ1n) is 5.90. The first-order valence-corrected chi connectivity index (χ1v) is 6.89. The van der Waals surface area contributed by atoms with Crippen molar-refractivity contribution < 1.29 is 4.42 Å². The SMILES string of the molecule is CCCCSc1nnc([C@@H](N)[C@H](C)CC)o1. The molecule has 92 valence electrons. The van der Waals surface area contributed by atoms with Crippen molar-refractivity contribution in [1.29, 1.82) is 0 Å². The Morgan fingerprint density at radius 3 is 2.75 bits per heavy atom. The number of nitrogens with zero attached hydrogens (tertiary/aromatic N) is 2. The molecule has 0 aromatic carbocycles. The Hall–Kier alpha value is -0.550. The lowest BCUT2D eigenvalue weighted by atomic mass is 10.0. The third kappa shape index (κ3) is 3.79. The van der Waals surface area contributed by atoms with Crippen LogP contribution in [0.3, 0.4) is 0 Å². The molecule has 0 radical (unpaired) electrons. The molecule has 0 saturated carbocycles. The van der Waals surface area contributed by atoms with Crippen LogP contribution in [0, 0.1) is 5.92 Å². The molecule has 0 aliphatic rings. The van der Waals surface area contributed by atoms with Gasteiger partial charge in [0.15, 0.2) is 0 Å². The minimum absolute atomic E-state index is 0.141. The summed E-state index contributed by atoms with van der Waals surface area (Å²) in [5, 5.41) is 8.63. The molecule has 0 unspecified atom stereocenters. The molecule has 0 bridgehead atoms. The largest absolute Gasteiger partial charge is 0.414 e. The number of hydrogen-bond donors (Lipinski definition) is 1. The van der Waals surface area contributed by atoms with Crippen LogP contribution in [-0.4, -0.2) is 16.0 Å². The van der Waals surface area contributed by atoms with Gasteiger partial charge in [0.1, 0.15) is 0 Å². The van der Waals surface area contributed by atoms with Crippen LogP contribution in [0.15, 0.2) is 9.64 Å². The van der Waals surface area contributed by atoms with Crippen LogP contribution in [0.4, 0.5) is 0 Å². The van der Waals surface area contributed by atoms with Gasteiger partial charge in [-0.3, -0.25) is 0 Å². The highest BCUT2D eigenvalue weighted by Crippen LogP contribution is 2.24. The van der Waals surface area contributed by atoms with Crippen molar-refractivity contribution in [2.24, 2.45) is 11.7 Å². The van der Waals surface area contributed by atoms with E-state index in [4.69, 9.17) is 10.2 Å². The Balaban J connectivity index is 2.50. The summed E-state index contributed by atoms with van der Waals surface area (Å²) in [5.41, 5.74) is 6.01. The summed E-state index contributed by atoms with van der Waals surface area (Å²) >= 11 is 1.61. The van der Waals surface area contributed by atoms with E-state index < -0.39 is 0 Å². The molecular weight excluding hydrogens is 222 g/mol. The van der Waals surface area contributed by atoms with E-state index in [1.54, 1.807) is 11.8 Å². The van der Waals surface area contributed by atoms with Crippen molar-refractivity contribution in [3.05, 3.63) is 5.89 Å². The molecule has 16 heavy (non-hydrogen) atoms. The van der Waals surface area contributed by atoms with Crippen LogP contribution in [0.1, 0.15) is 52.0 Å². The number of hydrogen-bond acceptors (Lipinski definition) is 5. The normalized spacial score (nSPS) is 15.0. The molecule has 0 spiro atoms. The monoisotopic (exact) mass is 243 g/mol. The molecule has 0 saturated heterocycles. The zero-order chi connectivity index (χ0) is 12.0. The minimum Gasteiger partial charge on any atom is -0.414 e. The van der Waals surface area contributed by atoms with E-state index in [1.165, 1.54) is 12.8 Å². The van der Waals surface area contributed by atoms with Gasteiger partial charge < -0.3 is 10.2 Å². The van der Waals surface area contributed by atoms with Crippen molar-refractivity contribution in [2.75, 3.05) is 5.75 Å². The molecule has 2 atom stereocenters. The summed E-state index contributed by atoms with van der Waals surface area (Å²) < 4.78 is 5.53. The fourth-order valence-electron chi connectivity index (χ4n) is 1.21. The second-order valence-corrected chi connectivity index (χ2v) is 5.07. The lowest BCUT2D eigenvalue weighted by molar-refractivity contribution is 0.333. The average molecular weight is 243 g/mol. The van der Waals surface area contributed by atoms with Crippen molar-refractivity contribution >= 4 is 11.8 Å². The second kappa shape index (κ2) is 6.91. The van der Waals surface area contributed by atoms with Gasteiger partial charge >= 0.3 is 0 Å². The van der Waals surface area contributed by atoms with Crippen LogP contribution in [0.5, 0.6) is 0 Å². The van der Waals surface area contributed by atoms with Gasteiger partial charge in [-0.05, 0) is 12.3 Å². The first-order chi connectivity index (χ1) is 7.69. The third-order valence-corrected chi connectivity index (χ3v) is 3.59. The van der Waals surface area contributed by atoms with Crippen LogP contribution in [-0.2, 0) is 0 Å². The fourth-order valence-corrected chi connectivity index (χ4v) is 2.07. The van der Waals surface area contributed by atoms with E-state index in [0.29, 0.717) is 17.0 Å². The fraction of sp³-hybridized carbons (Fsp3) is 0.818. The Kier molecular flexibility index (Phi) is 5.84. The molecule has 0 amide bonds. The van der Waals surface area contributed by atoms with Crippen LogP contribution in [0.25, 0.3) is 0 Å². The Morgan fingerprint density at radius 2 is 2.12 bits per heavy atom. The van der Waals surface area contributed by atoms with Crippen molar-refractivity contribution in [3.63, 3.8) is 0 Å². The molecule has 1 rings (SSSR count). The number of unbranched alkanes of at least 4 members (excludes halogenated alkanes) is 1. The Labute approximate surface area is 101 Å². The summed E-state index contributed by atoms with van der Waals surface area (Å²) in [5.74, 6) is 1.96. The van der Waals surface area contributed by atoms with Crippen molar-refractivity contribution in [3.8, 4) is 0 Å². The van der Waals surface area contributed by atoms with Gasteiger partial charge in [-0.2, -0.15) is 0 Å². The highest BCUT2D eigenvalue weighted by atomic mass is 32.2. The molecule has 1 aromatic rings. The summed E-state index contributed by atoms with van der Waals surface area (Å²) in [6.45, 7) is 6.37. The van der Waals surface area contributed by atoms with Gasteiger partial charge in [0.2, 0.25) is 5.89 Å². The summed E-state index contributed by atoms with van der Waals surface area (Å²) in [6.07, 6.45) is 3.36. The maximum absolute atomic E-state index is 6.01. The maximum atomic E-state index is 6.01. The molecule has 0 aliphatic heterocycles. The second-order valence-electron chi connectivity index (χ2n) is 4.02. The summed E-state index contributed by atoms with van der Waals surface area (Å²) in [6, 6.07) is -0.141. The van der Waals surface area contributed by atoms with E-state index >= 15 is 0 Å². The summed E-state index contributed by atoms with van der Waals surface area (Å²) in [7, 11) is 0. The third-order valence-electron chi connectivity index (χ3n) is 2.69. The lowest BCUT2D eigenvalue weighted by Crippen LogP contribution is -2.18. The maximum Gasteiger partial charge on any atom is 0.276 e. The van der Waals surface area contributed by atoms with Gasteiger partial charge in [-0.1, -0.05) is 45.4 Å². The zero-order valence-electron chi connectivity index (χ0n) is 10.3. The summed E-state index contributed by atoms with van der Waals surface area (Å²) in [4.78, 5) is 0. The first kappa shape index (κ1) is 13.5. The number of rotatable bonds is 7. The Morgan fingerprint density at radius 1 is 1.38 bits per heavy atom. The average Bonchev–Trinajstić information content (AvgIpc) is 2.76. The quantitative estimate of drug-likeness (QED) is 0.589. The van der Waals surface area contributed by atoms with Gasteiger partial charge in [0, 0.05) is 5.75 Å². The van der Waals surface area contributed by atoms with Crippen LogP contribution >= 0.6 is 11.8 Å².